The minimum atomic E-state index is -0.484. The first-order valence-electron chi connectivity index (χ1n) is 4.72. The van der Waals surface area contributed by atoms with E-state index in [1.54, 1.807) is 12.1 Å². The topological polar surface area (TPSA) is 71.1 Å². The third-order valence-corrected chi connectivity index (χ3v) is 1.76. The molecular formula is C11H12O6. The zero-order chi connectivity index (χ0) is 12.5. The van der Waals surface area contributed by atoms with Crippen LogP contribution in [0.5, 0.6) is 5.75 Å². The normalized spacial score (nSPS) is 9.47. The molecule has 0 unspecified atom stereocenters. The van der Waals surface area contributed by atoms with Gasteiger partial charge in [0.05, 0.1) is 5.56 Å². The number of ether oxygens (including phenoxy) is 4. The van der Waals surface area contributed by atoms with Crippen LogP contribution in [0.4, 0.5) is 0 Å². The number of hydrogen-bond acceptors (Lipinski definition) is 6. The van der Waals surface area contributed by atoms with Gasteiger partial charge in [-0.2, -0.15) is 0 Å². The minimum absolute atomic E-state index is 0.0930. The van der Waals surface area contributed by atoms with Crippen LogP contribution >= 0.6 is 0 Å². The molecule has 6 nitrogen and oxygen atoms in total. The number of carbonyl (C=O) groups is 2. The molecule has 0 amide bonds. The summed E-state index contributed by atoms with van der Waals surface area (Å²) in [6, 6.07) is 6.21. The van der Waals surface area contributed by atoms with Crippen molar-refractivity contribution in [2.75, 3.05) is 20.7 Å². The lowest BCUT2D eigenvalue weighted by molar-refractivity contribution is -0.134. The van der Waals surface area contributed by atoms with Crippen LogP contribution < -0.4 is 4.74 Å². The van der Waals surface area contributed by atoms with Gasteiger partial charge in [-0.05, 0) is 24.3 Å². The van der Waals surface area contributed by atoms with E-state index in [1.807, 2.05) is 0 Å². The van der Waals surface area contributed by atoms with Gasteiger partial charge >= 0.3 is 5.97 Å². The first kappa shape index (κ1) is 13.0. The highest BCUT2D eigenvalue weighted by atomic mass is 16.7. The minimum Gasteiger partial charge on any atom is -0.457 e. The molecule has 1 aromatic carbocycles. The second-order valence-corrected chi connectivity index (χ2v) is 2.89. The lowest BCUT2D eigenvalue weighted by Gasteiger charge is -2.06. The maximum atomic E-state index is 11.4. The molecular weight excluding hydrogens is 228 g/mol. The van der Waals surface area contributed by atoms with Crippen molar-refractivity contribution in [2.24, 2.45) is 0 Å². The Morgan fingerprint density at radius 1 is 1.24 bits per heavy atom. The van der Waals surface area contributed by atoms with E-state index in [9.17, 15) is 9.59 Å². The Morgan fingerprint density at radius 2 is 1.94 bits per heavy atom. The van der Waals surface area contributed by atoms with Crippen LogP contribution in [0.15, 0.2) is 24.3 Å². The molecule has 0 saturated heterocycles. The Bertz CT molecular complexity index is 359. The Balaban J connectivity index is 2.49. The molecule has 0 N–H and O–H groups in total. The van der Waals surface area contributed by atoms with Crippen LogP contribution in [0, 0.1) is 0 Å². The van der Waals surface area contributed by atoms with Crippen molar-refractivity contribution in [1.82, 2.24) is 0 Å². The lowest BCUT2D eigenvalue weighted by atomic mass is 10.2. The van der Waals surface area contributed by atoms with E-state index in [1.165, 1.54) is 19.2 Å². The number of esters is 1. The Labute approximate surface area is 98.0 Å². The second kappa shape index (κ2) is 7.24. The van der Waals surface area contributed by atoms with Gasteiger partial charge in [0.15, 0.2) is 6.79 Å². The van der Waals surface area contributed by atoms with E-state index in [2.05, 4.69) is 9.47 Å². The van der Waals surface area contributed by atoms with Gasteiger partial charge in [-0.25, -0.2) is 4.79 Å². The first-order chi connectivity index (χ1) is 8.27. The molecule has 0 radical (unpaired) electrons. The molecule has 0 spiro atoms. The second-order valence-electron chi connectivity index (χ2n) is 2.89. The van der Waals surface area contributed by atoms with Gasteiger partial charge in [-0.1, -0.05) is 0 Å². The van der Waals surface area contributed by atoms with Crippen molar-refractivity contribution in [1.29, 1.82) is 0 Å². The highest BCUT2D eigenvalue weighted by Gasteiger charge is 2.06. The fourth-order valence-corrected chi connectivity index (χ4v) is 1.01. The molecule has 0 aromatic heterocycles. The van der Waals surface area contributed by atoms with E-state index in [0.717, 1.165) is 0 Å². The summed E-state index contributed by atoms with van der Waals surface area (Å²) in [7, 11) is 1.43. The fourth-order valence-electron chi connectivity index (χ4n) is 1.01. The molecule has 0 saturated carbocycles. The van der Waals surface area contributed by atoms with Crippen molar-refractivity contribution in [3.63, 3.8) is 0 Å². The van der Waals surface area contributed by atoms with Gasteiger partial charge in [-0.3, -0.25) is 4.79 Å². The molecule has 0 fully saturated rings. The Hall–Kier alpha value is -2.08. The number of carbonyl (C=O) groups excluding carboxylic acids is 2. The lowest BCUT2D eigenvalue weighted by Crippen LogP contribution is -2.07. The van der Waals surface area contributed by atoms with Gasteiger partial charge in [0.25, 0.3) is 6.47 Å². The molecule has 92 valence electrons. The van der Waals surface area contributed by atoms with Crippen molar-refractivity contribution in [3.8, 4) is 5.75 Å². The predicted molar refractivity (Wildman–Crippen MR) is 56.4 cm³/mol. The Kier molecular flexibility index (Phi) is 5.53. The fraction of sp³-hybridized carbons (Fsp3) is 0.273. The molecule has 0 aliphatic carbocycles. The molecule has 0 bridgehead atoms. The molecule has 1 rings (SSSR count). The molecule has 17 heavy (non-hydrogen) atoms. The predicted octanol–water partition coefficient (Wildman–Crippen LogP) is 0.957. The van der Waals surface area contributed by atoms with Crippen molar-refractivity contribution in [2.45, 2.75) is 0 Å². The van der Waals surface area contributed by atoms with Crippen LogP contribution in [0.25, 0.3) is 0 Å². The number of methoxy groups -OCH3 is 1. The third kappa shape index (κ3) is 4.52. The highest BCUT2D eigenvalue weighted by molar-refractivity contribution is 5.89. The first-order valence-corrected chi connectivity index (χ1v) is 4.72. The summed E-state index contributed by atoms with van der Waals surface area (Å²) in [5.74, 6) is -0.00215. The largest absolute Gasteiger partial charge is 0.457 e. The molecule has 1 aromatic rings. The standard InChI is InChI=1S/C11H12O6/c1-14-7-17-11(13)9-2-4-10(5-3-9)16-8-15-6-12/h2-6H,7-8H2,1H3. The van der Waals surface area contributed by atoms with E-state index in [4.69, 9.17) is 9.47 Å². The summed E-state index contributed by atoms with van der Waals surface area (Å²) >= 11 is 0. The zero-order valence-corrected chi connectivity index (χ0v) is 9.25. The maximum absolute atomic E-state index is 11.4. The molecule has 0 heterocycles. The highest BCUT2D eigenvalue weighted by Crippen LogP contribution is 2.12. The average molecular weight is 240 g/mol. The van der Waals surface area contributed by atoms with Crippen molar-refractivity contribution < 1.29 is 28.5 Å². The van der Waals surface area contributed by atoms with Crippen LogP contribution in [0.3, 0.4) is 0 Å². The monoisotopic (exact) mass is 240 g/mol. The van der Waals surface area contributed by atoms with Crippen LogP contribution in [0.2, 0.25) is 0 Å². The Morgan fingerprint density at radius 3 is 2.53 bits per heavy atom. The summed E-state index contributed by atoms with van der Waals surface area (Å²) in [6.07, 6.45) is 0. The number of rotatable bonds is 7. The summed E-state index contributed by atoms with van der Waals surface area (Å²) in [5.41, 5.74) is 0.380. The van der Waals surface area contributed by atoms with Crippen molar-refractivity contribution >= 4 is 12.4 Å². The van der Waals surface area contributed by atoms with E-state index in [-0.39, 0.29) is 20.1 Å². The maximum Gasteiger partial charge on any atom is 0.340 e. The van der Waals surface area contributed by atoms with Crippen LogP contribution in [0.1, 0.15) is 10.4 Å². The van der Waals surface area contributed by atoms with Gasteiger partial charge in [0.1, 0.15) is 5.75 Å². The average Bonchev–Trinajstić information content (AvgIpc) is 2.37. The number of hydrogen-bond donors (Lipinski definition) is 0. The van der Waals surface area contributed by atoms with Crippen LogP contribution in [-0.4, -0.2) is 33.1 Å². The quantitative estimate of drug-likeness (QED) is 0.306. The van der Waals surface area contributed by atoms with Crippen LogP contribution in [-0.2, 0) is 19.0 Å². The zero-order valence-electron chi connectivity index (χ0n) is 9.25. The summed E-state index contributed by atoms with van der Waals surface area (Å²) in [5, 5.41) is 0. The van der Waals surface area contributed by atoms with Gasteiger partial charge in [-0.15, -0.1) is 0 Å². The van der Waals surface area contributed by atoms with Gasteiger partial charge < -0.3 is 18.9 Å². The summed E-state index contributed by atoms with van der Waals surface area (Å²) < 4.78 is 18.7. The van der Waals surface area contributed by atoms with Gasteiger partial charge in [0, 0.05) is 7.11 Å². The molecule has 6 heteroatoms. The summed E-state index contributed by atoms with van der Waals surface area (Å²) in [4.78, 5) is 21.2. The smallest absolute Gasteiger partial charge is 0.340 e. The van der Waals surface area contributed by atoms with E-state index >= 15 is 0 Å². The van der Waals surface area contributed by atoms with E-state index < -0.39 is 5.97 Å². The third-order valence-electron chi connectivity index (χ3n) is 1.76. The SMILES string of the molecule is COCOC(=O)c1ccc(OCOC=O)cc1. The number of benzene rings is 1. The molecule has 0 aliphatic heterocycles. The van der Waals surface area contributed by atoms with Crippen molar-refractivity contribution in [3.05, 3.63) is 29.8 Å². The van der Waals surface area contributed by atoms with Gasteiger partial charge in [0.2, 0.25) is 6.79 Å². The molecule has 0 aliphatic rings. The van der Waals surface area contributed by atoms with E-state index in [0.29, 0.717) is 11.3 Å². The molecule has 0 atom stereocenters. The summed E-state index contributed by atoms with van der Waals surface area (Å²) in [6.45, 7) is 0.0255.